The molecule has 0 aliphatic carbocycles. The van der Waals surface area contributed by atoms with Crippen molar-refractivity contribution in [3.05, 3.63) is 35.9 Å². The standard InChI is InChI=1S/C16H24N4O.HI/c1-20(2)16(17-11-13-7-4-3-5-8-13)18-12-14-9-6-10-15(21)19-14;/h3-5,7-8,14H,6,9-12H2,1-2H3,(H,17,18)(H,19,21);1H. The molecule has 1 aliphatic rings. The van der Waals surface area contributed by atoms with Crippen LogP contribution in [-0.4, -0.2) is 43.4 Å². The summed E-state index contributed by atoms with van der Waals surface area (Å²) in [6.07, 6.45) is 2.65. The molecule has 122 valence electrons. The molecule has 6 heteroatoms. The van der Waals surface area contributed by atoms with Crippen molar-refractivity contribution in [1.82, 2.24) is 15.5 Å². The van der Waals surface area contributed by atoms with E-state index < -0.39 is 0 Å². The molecular weight excluding hydrogens is 391 g/mol. The number of carbonyl (C=O) groups is 1. The fraction of sp³-hybridized carbons (Fsp3) is 0.500. The Morgan fingerprint density at radius 1 is 1.36 bits per heavy atom. The third kappa shape index (κ3) is 6.21. The fourth-order valence-electron chi connectivity index (χ4n) is 2.35. The van der Waals surface area contributed by atoms with Gasteiger partial charge in [-0.3, -0.25) is 4.79 Å². The van der Waals surface area contributed by atoms with Gasteiger partial charge in [-0.2, -0.15) is 0 Å². The summed E-state index contributed by atoms with van der Waals surface area (Å²) in [6, 6.07) is 10.4. The summed E-state index contributed by atoms with van der Waals surface area (Å²) in [5.41, 5.74) is 1.18. The maximum absolute atomic E-state index is 11.4. The molecule has 2 rings (SSSR count). The van der Waals surface area contributed by atoms with Gasteiger partial charge in [-0.25, -0.2) is 4.99 Å². The van der Waals surface area contributed by atoms with Gasteiger partial charge < -0.3 is 15.5 Å². The minimum atomic E-state index is 0. The molecule has 1 aliphatic heterocycles. The molecule has 0 saturated carbocycles. The van der Waals surface area contributed by atoms with E-state index in [1.165, 1.54) is 5.56 Å². The quantitative estimate of drug-likeness (QED) is 0.449. The highest BCUT2D eigenvalue weighted by atomic mass is 127. The second-order valence-corrected chi connectivity index (χ2v) is 5.56. The number of carbonyl (C=O) groups excluding carboxylic acids is 1. The van der Waals surface area contributed by atoms with E-state index in [1.807, 2.05) is 37.2 Å². The Labute approximate surface area is 149 Å². The molecular formula is C16H25IN4O. The second kappa shape index (κ2) is 9.66. The van der Waals surface area contributed by atoms with Gasteiger partial charge in [0.25, 0.3) is 0 Å². The van der Waals surface area contributed by atoms with Crippen molar-refractivity contribution in [1.29, 1.82) is 0 Å². The van der Waals surface area contributed by atoms with E-state index in [-0.39, 0.29) is 35.9 Å². The summed E-state index contributed by atoms with van der Waals surface area (Å²) >= 11 is 0. The molecule has 0 bridgehead atoms. The Morgan fingerprint density at radius 3 is 2.73 bits per heavy atom. The summed E-state index contributed by atoms with van der Waals surface area (Å²) in [5, 5.41) is 6.35. The number of amides is 1. The van der Waals surface area contributed by atoms with Crippen LogP contribution < -0.4 is 10.6 Å². The van der Waals surface area contributed by atoms with Gasteiger partial charge in [-0.05, 0) is 18.4 Å². The number of hydrogen-bond donors (Lipinski definition) is 2. The molecule has 5 nitrogen and oxygen atoms in total. The van der Waals surface area contributed by atoms with Gasteiger partial charge in [0.15, 0.2) is 5.96 Å². The number of benzene rings is 1. The highest BCUT2D eigenvalue weighted by Crippen LogP contribution is 2.07. The highest BCUT2D eigenvalue weighted by Gasteiger charge is 2.18. The van der Waals surface area contributed by atoms with Gasteiger partial charge in [-0.1, -0.05) is 30.3 Å². The first kappa shape index (κ1) is 18.7. The van der Waals surface area contributed by atoms with Crippen LogP contribution in [0.25, 0.3) is 0 Å². The van der Waals surface area contributed by atoms with Crippen molar-refractivity contribution in [2.45, 2.75) is 31.8 Å². The molecule has 1 fully saturated rings. The lowest BCUT2D eigenvalue weighted by Gasteiger charge is -2.25. The third-order valence-corrected chi connectivity index (χ3v) is 3.51. The summed E-state index contributed by atoms with van der Waals surface area (Å²) in [4.78, 5) is 18.0. The normalized spacial score (nSPS) is 18.2. The van der Waals surface area contributed by atoms with Crippen molar-refractivity contribution < 1.29 is 4.79 Å². The summed E-state index contributed by atoms with van der Waals surface area (Å²) in [7, 11) is 3.94. The summed E-state index contributed by atoms with van der Waals surface area (Å²) in [5.74, 6) is 0.999. The van der Waals surface area contributed by atoms with E-state index in [0.29, 0.717) is 13.0 Å². The molecule has 1 unspecified atom stereocenters. The predicted molar refractivity (Wildman–Crippen MR) is 100 cm³/mol. The number of guanidine groups is 1. The van der Waals surface area contributed by atoms with E-state index in [9.17, 15) is 4.79 Å². The number of nitrogens with one attached hydrogen (secondary N) is 2. The van der Waals surface area contributed by atoms with Gasteiger partial charge in [-0.15, -0.1) is 24.0 Å². The van der Waals surface area contributed by atoms with E-state index in [0.717, 1.165) is 25.3 Å². The average Bonchev–Trinajstić information content (AvgIpc) is 2.48. The number of nitrogens with zero attached hydrogens (tertiary/aromatic N) is 2. The molecule has 1 aromatic carbocycles. The van der Waals surface area contributed by atoms with Gasteiger partial charge >= 0.3 is 0 Å². The first-order chi connectivity index (χ1) is 10.1. The van der Waals surface area contributed by atoms with Crippen molar-refractivity contribution in [3.8, 4) is 0 Å². The number of rotatable bonds is 4. The zero-order valence-corrected chi connectivity index (χ0v) is 15.5. The molecule has 1 amide bonds. The summed E-state index contributed by atoms with van der Waals surface area (Å²) in [6.45, 7) is 1.37. The number of aliphatic imine (C=N–C) groups is 1. The lowest BCUT2D eigenvalue weighted by molar-refractivity contribution is -0.123. The Hall–Kier alpha value is -1.31. The SMILES string of the molecule is CN(C)C(=NCc1ccccc1)NCC1CCCC(=O)N1.I. The average molecular weight is 416 g/mol. The molecule has 1 heterocycles. The van der Waals surface area contributed by atoms with Crippen LogP contribution in [0.1, 0.15) is 24.8 Å². The lowest BCUT2D eigenvalue weighted by atomic mass is 10.0. The van der Waals surface area contributed by atoms with Crippen LogP contribution in [-0.2, 0) is 11.3 Å². The predicted octanol–water partition coefficient (Wildman–Crippen LogP) is 1.98. The molecule has 0 spiro atoms. The number of hydrogen-bond acceptors (Lipinski definition) is 2. The van der Waals surface area contributed by atoms with E-state index in [1.54, 1.807) is 0 Å². The molecule has 1 atom stereocenters. The highest BCUT2D eigenvalue weighted by molar-refractivity contribution is 14.0. The Bertz CT molecular complexity index is 490. The van der Waals surface area contributed by atoms with Crippen LogP contribution in [0.15, 0.2) is 35.3 Å². The van der Waals surface area contributed by atoms with Crippen molar-refractivity contribution >= 4 is 35.8 Å². The first-order valence-electron chi connectivity index (χ1n) is 7.44. The maximum atomic E-state index is 11.4. The van der Waals surface area contributed by atoms with Crippen LogP contribution in [0.5, 0.6) is 0 Å². The van der Waals surface area contributed by atoms with Gasteiger partial charge in [0.2, 0.25) is 5.91 Å². The van der Waals surface area contributed by atoms with E-state index in [2.05, 4.69) is 27.8 Å². The lowest BCUT2D eigenvalue weighted by Crippen LogP contribution is -2.48. The van der Waals surface area contributed by atoms with Gasteiger partial charge in [0, 0.05) is 33.1 Å². The van der Waals surface area contributed by atoms with Crippen LogP contribution in [0.2, 0.25) is 0 Å². The Balaban J connectivity index is 0.00000242. The van der Waals surface area contributed by atoms with Gasteiger partial charge in [0.05, 0.1) is 6.54 Å². The smallest absolute Gasteiger partial charge is 0.220 e. The fourth-order valence-corrected chi connectivity index (χ4v) is 2.35. The molecule has 2 N–H and O–H groups in total. The first-order valence-corrected chi connectivity index (χ1v) is 7.44. The topological polar surface area (TPSA) is 56.7 Å². The van der Waals surface area contributed by atoms with E-state index in [4.69, 9.17) is 0 Å². The van der Waals surface area contributed by atoms with Crippen LogP contribution in [0.3, 0.4) is 0 Å². The monoisotopic (exact) mass is 416 g/mol. The molecule has 22 heavy (non-hydrogen) atoms. The van der Waals surface area contributed by atoms with Crippen molar-refractivity contribution in [2.24, 2.45) is 4.99 Å². The van der Waals surface area contributed by atoms with Crippen LogP contribution in [0, 0.1) is 0 Å². The Kier molecular flexibility index (Phi) is 8.22. The molecule has 1 saturated heterocycles. The minimum absolute atomic E-state index is 0. The van der Waals surface area contributed by atoms with Crippen LogP contribution >= 0.6 is 24.0 Å². The molecule has 1 aromatic rings. The van der Waals surface area contributed by atoms with E-state index >= 15 is 0 Å². The van der Waals surface area contributed by atoms with Crippen molar-refractivity contribution in [3.63, 3.8) is 0 Å². The Morgan fingerprint density at radius 2 is 2.09 bits per heavy atom. The van der Waals surface area contributed by atoms with Crippen molar-refractivity contribution in [2.75, 3.05) is 20.6 Å². The second-order valence-electron chi connectivity index (χ2n) is 5.56. The zero-order chi connectivity index (χ0) is 15.1. The van der Waals surface area contributed by atoms with Gasteiger partial charge in [0.1, 0.15) is 0 Å². The number of piperidine rings is 1. The molecule has 0 aromatic heterocycles. The number of halogens is 1. The minimum Gasteiger partial charge on any atom is -0.354 e. The molecule has 0 radical (unpaired) electrons. The third-order valence-electron chi connectivity index (χ3n) is 3.51. The zero-order valence-electron chi connectivity index (χ0n) is 13.2. The van der Waals surface area contributed by atoms with Crippen LogP contribution in [0.4, 0.5) is 0 Å². The summed E-state index contributed by atoms with van der Waals surface area (Å²) < 4.78 is 0. The maximum Gasteiger partial charge on any atom is 0.220 e. The largest absolute Gasteiger partial charge is 0.354 e.